The summed E-state index contributed by atoms with van der Waals surface area (Å²) in [5, 5.41) is 9.54. The lowest BCUT2D eigenvalue weighted by molar-refractivity contribution is 0.177. The van der Waals surface area contributed by atoms with E-state index < -0.39 is 11.8 Å². The molecule has 2 aliphatic heterocycles. The Morgan fingerprint density at radius 2 is 2.16 bits per heavy atom. The van der Waals surface area contributed by atoms with Crippen molar-refractivity contribution in [1.82, 2.24) is 20.1 Å². The summed E-state index contributed by atoms with van der Waals surface area (Å²) in [7, 11) is 1.49. The third-order valence-corrected chi connectivity index (χ3v) is 6.30. The van der Waals surface area contributed by atoms with Gasteiger partial charge in [0.2, 0.25) is 5.88 Å². The lowest BCUT2D eigenvalue weighted by Crippen LogP contribution is -2.45. The van der Waals surface area contributed by atoms with Gasteiger partial charge in [0.25, 0.3) is 5.56 Å². The van der Waals surface area contributed by atoms with Crippen LogP contribution in [0.3, 0.4) is 0 Å². The van der Waals surface area contributed by atoms with Gasteiger partial charge in [-0.25, -0.2) is 19.3 Å². The van der Waals surface area contributed by atoms with Crippen LogP contribution in [0, 0.1) is 5.82 Å². The maximum atomic E-state index is 14.9. The van der Waals surface area contributed by atoms with Gasteiger partial charge in [-0.1, -0.05) is 11.6 Å². The van der Waals surface area contributed by atoms with Gasteiger partial charge in [0.15, 0.2) is 0 Å². The SMILES string of the molecule is COc1cc(-c2cc(F)c(NC(=O)N3[C@H]4CC[C@@H]3c3n[nH]c(=O)cc3C4)cc2Cl)ccn1. The van der Waals surface area contributed by atoms with Gasteiger partial charge in [0, 0.05) is 29.9 Å². The Kier molecular flexibility index (Phi) is 5.05. The maximum Gasteiger partial charge on any atom is 0.322 e. The van der Waals surface area contributed by atoms with Crippen molar-refractivity contribution in [3.8, 4) is 17.0 Å². The Bertz CT molecular complexity index is 1280. The van der Waals surface area contributed by atoms with E-state index in [1.807, 2.05) is 0 Å². The first-order valence-electron chi connectivity index (χ1n) is 10.1. The Balaban J connectivity index is 1.41. The fraction of sp³-hybridized carbons (Fsp3) is 0.273. The summed E-state index contributed by atoms with van der Waals surface area (Å²) in [5.41, 5.74) is 2.38. The van der Waals surface area contributed by atoms with E-state index in [4.69, 9.17) is 16.3 Å². The van der Waals surface area contributed by atoms with Crippen molar-refractivity contribution in [3.05, 3.63) is 69.0 Å². The average Bonchev–Trinajstić information content (AvgIpc) is 3.11. The van der Waals surface area contributed by atoms with Crippen LogP contribution >= 0.6 is 11.6 Å². The quantitative estimate of drug-likeness (QED) is 0.623. The summed E-state index contributed by atoms with van der Waals surface area (Å²) in [4.78, 5) is 30.4. The number of methoxy groups -OCH3 is 1. The third kappa shape index (κ3) is 3.48. The molecule has 164 valence electrons. The number of amides is 2. The number of hydrogen-bond acceptors (Lipinski definition) is 5. The molecule has 1 saturated heterocycles. The monoisotopic (exact) mass is 455 g/mol. The largest absolute Gasteiger partial charge is 0.481 e. The number of anilines is 1. The number of benzene rings is 1. The number of urea groups is 1. The van der Waals surface area contributed by atoms with E-state index in [1.54, 1.807) is 23.2 Å². The van der Waals surface area contributed by atoms with Crippen LogP contribution < -0.4 is 15.6 Å². The van der Waals surface area contributed by atoms with Crippen LogP contribution in [0.25, 0.3) is 11.1 Å². The maximum absolute atomic E-state index is 14.9. The van der Waals surface area contributed by atoms with Crippen LogP contribution in [0.15, 0.2) is 41.3 Å². The number of carbonyl (C=O) groups excluding carboxylic acids is 1. The standard InChI is InChI=1S/C22H19ClFN5O3/c1-32-20-8-11(4-5-25-20)14-9-16(24)17(10-15(14)23)26-22(31)29-13-2-3-18(29)21-12(6-13)7-19(30)27-28-21/h4-5,7-10,13,18H,2-3,6H2,1H3,(H,26,31)(H,27,30)/t13-,18+/m0/s1. The van der Waals surface area contributed by atoms with Gasteiger partial charge in [-0.05, 0) is 48.6 Å². The van der Waals surface area contributed by atoms with Crippen molar-refractivity contribution in [1.29, 1.82) is 0 Å². The van der Waals surface area contributed by atoms with Crippen molar-refractivity contribution in [3.63, 3.8) is 0 Å². The minimum atomic E-state index is -0.610. The first-order chi connectivity index (χ1) is 15.4. The summed E-state index contributed by atoms with van der Waals surface area (Å²) in [5.74, 6) is -0.229. The normalized spacial score (nSPS) is 18.9. The van der Waals surface area contributed by atoms with Crippen molar-refractivity contribution in [2.24, 2.45) is 0 Å². The third-order valence-electron chi connectivity index (χ3n) is 5.98. The van der Waals surface area contributed by atoms with Crippen molar-refractivity contribution < 1.29 is 13.9 Å². The van der Waals surface area contributed by atoms with Crippen LogP contribution in [0.1, 0.15) is 30.1 Å². The first kappa shape index (κ1) is 20.4. The van der Waals surface area contributed by atoms with Gasteiger partial charge < -0.3 is 15.0 Å². The number of carbonyl (C=O) groups is 1. The highest BCUT2D eigenvalue weighted by molar-refractivity contribution is 6.33. The van der Waals surface area contributed by atoms with E-state index in [0.717, 1.165) is 18.4 Å². The Hall–Kier alpha value is -3.46. The number of aromatic nitrogens is 3. The van der Waals surface area contributed by atoms with Crippen LogP contribution in [0.2, 0.25) is 5.02 Å². The molecule has 2 amide bonds. The summed E-state index contributed by atoms with van der Waals surface area (Å²) in [6.07, 6.45) is 3.61. The number of rotatable bonds is 3. The zero-order valence-corrected chi connectivity index (χ0v) is 17.8. The first-order valence-corrected chi connectivity index (χ1v) is 10.5. The van der Waals surface area contributed by atoms with E-state index in [9.17, 15) is 14.0 Å². The number of ether oxygens (including phenoxy) is 1. The van der Waals surface area contributed by atoms with E-state index in [-0.39, 0.29) is 28.4 Å². The van der Waals surface area contributed by atoms with E-state index >= 15 is 0 Å². The molecule has 4 heterocycles. The molecule has 1 aromatic carbocycles. The molecule has 2 N–H and O–H groups in total. The Morgan fingerprint density at radius 1 is 1.31 bits per heavy atom. The van der Waals surface area contributed by atoms with Gasteiger partial charge >= 0.3 is 6.03 Å². The van der Waals surface area contributed by atoms with E-state index in [0.29, 0.717) is 29.1 Å². The fourth-order valence-corrected chi connectivity index (χ4v) is 4.82. The van der Waals surface area contributed by atoms with Crippen LogP contribution in [0.4, 0.5) is 14.9 Å². The lowest BCUT2D eigenvalue weighted by Gasteiger charge is -2.35. The molecule has 0 unspecified atom stereocenters. The smallest absolute Gasteiger partial charge is 0.322 e. The highest BCUT2D eigenvalue weighted by Gasteiger charge is 2.44. The molecule has 2 aromatic heterocycles. The number of fused-ring (bicyclic) bond motifs is 4. The van der Waals surface area contributed by atoms with Gasteiger partial charge in [-0.2, -0.15) is 5.10 Å². The Labute approximate surface area is 187 Å². The molecule has 0 aliphatic carbocycles. The molecule has 2 bridgehead atoms. The van der Waals surface area contributed by atoms with E-state index in [2.05, 4.69) is 20.5 Å². The van der Waals surface area contributed by atoms with Crippen LogP contribution in [-0.2, 0) is 6.42 Å². The molecule has 0 saturated carbocycles. The highest BCUT2D eigenvalue weighted by atomic mass is 35.5. The number of halogens is 2. The molecule has 3 aromatic rings. The van der Waals surface area contributed by atoms with Crippen LogP contribution in [0.5, 0.6) is 5.88 Å². The minimum absolute atomic E-state index is 0.00982. The predicted octanol–water partition coefficient (Wildman–Crippen LogP) is 3.93. The number of nitrogens with zero attached hydrogens (tertiary/aromatic N) is 3. The van der Waals surface area contributed by atoms with Crippen molar-refractivity contribution in [2.75, 3.05) is 12.4 Å². The Morgan fingerprint density at radius 3 is 2.97 bits per heavy atom. The molecular weight excluding hydrogens is 437 g/mol. The number of H-pyrrole nitrogens is 1. The van der Waals surface area contributed by atoms with Gasteiger partial charge in [0.1, 0.15) is 5.82 Å². The minimum Gasteiger partial charge on any atom is -0.481 e. The summed E-state index contributed by atoms with van der Waals surface area (Å²) in [6.45, 7) is 0. The van der Waals surface area contributed by atoms with Crippen molar-refractivity contribution >= 4 is 23.3 Å². The average molecular weight is 456 g/mol. The van der Waals surface area contributed by atoms with E-state index in [1.165, 1.54) is 25.3 Å². The van der Waals surface area contributed by atoms with Crippen molar-refractivity contribution in [2.45, 2.75) is 31.3 Å². The second-order valence-electron chi connectivity index (χ2n) is 7.83. The number of nitrogens with one attached hydrogen (secondary N) is 2. The summed E-state index contributed by atoms with van der Waals surface area (Å²) < 4.78 is 20.0. The summed E-state index contributed by atoms with van der Waals surface area (Å²) in [6, 6.07) is 6.80. The molecule has 32 heavy (non-hydrogen) atoms. The second-order valence-corrected chi connectivity index (χ2v) is 8.24. The summed E-state index contributed by atoms with van der Waals surface area (Å²) >= 11 is 6.42. The predicted molar refractivity (Wildman–Crippen MR) is 116 cm³/mol. The van der Waals surface area contributed by atoms with Gasteiger partial charge in [-0.3, -0.25) is 4.79 Å². The molecule has 5 rings (SSSR count). The molecule has 0 radical (unpaired) electrons. The molecule has 1 fully saturated rings. The molecule has 2 atom stereocenters. The molecular formula is C22H19ClFN5O3. The lowest BCUT2D eigenvalue weighted by atomic mass is 9.99. The number of aromatic amines is 1. The zero-order valence-electron chi connectivity index (χ0n) is 17.1. The molecule has 10 heteroatoms. The highest BCUT2D eigenvalue weighted by Crippen LogP contribution is 2.42. The topological polar surface area (TPSA) is 100 Å². The van der Waals surface area contributed by atoms with Gasteiger partial charge in [0.05, 0.1) is 29.6 Å². The molecule has 2 aliphatic rings. The van der Waals surface area contributed by atoms with Gasteiger partial charge in [-0.15, -0.1) is 0 Å². The van der Waals surface area contributed by atoms with Crippen LogP contribution in [-0.4, -0.2) is 39.3 Å². The second kappa shape index (κ2) is 7.90. The molecule has 8 nitrogen and oxygen atoms in total. The number of pyridine rings is 1. The molecule has 0 spiro atoms. The number of hydrogen-bond donors (Lipinski definition) is 2. The fourth-order valence-electron chi connectivity index (χ4n) is 4.55. The zero-order chi connectivity index (χ0) is 22.4.